The predicted molar refractivity (Wildman–Crippen MR) is 110 cm³/mol. The Balaban J connectivity index is 1.59. The van der Waals surface area contributed by atoms with Crippen LogP contribution in [0.4, 0.5) is 5.82 Å². The molecule has 0 radical (unpaired) electrons. The summed E-state index contributed by atoms with van der Waals surface area (Å²) in [6, 6.07) is 15.1. The molecule has 2 heterocycles. The maximum Gasteiger partial charge on any atom is 0.257 e. The third-order valence-corrected chi connectivity index (χ3v) is 4.45. The molecule has 7 nitrogen and oxygen atoms in total. The lowest BCUT2D eigenvalue weighted by Crippen LogP contribution is -2.15. The number of anilines is 1. The molecule has 4 rings (SSSR count). The summed E-state index contributed by atoms with van der Waals surface area (Å²) in [5, 5.41) is 11.3. The number of carbonyl (C=O) groups is 1. The summed E-state index contributed by atoms with van der Waals surface area (Å²) in [5.74, 6) is 1.40. The number of hydrogen-bond acceptors (Lipinski definition) is 5. The monoisotopic (exact) mass is 387 g/mol. The van der Waals surface area contributed by atoms with Gasteiger partial charge in [-0.2, -0.15) is 10.1 Å². The van der Waals surface area contributed by atoms with Gasteiger partial charge in [0.05, 0.1) is 11.4 Å². The molecule has 2 aromatic carbocycles. The van der Waals surface area contributed by atoms with Gasteiger partial charge in [-0.1, -0.05) is 11.2 Å². The van der Waals surface area contributed by atoms with Crippen molar-refractivity contribution in [3.8, 4) is 17.1 Å². The van der Waals surface area contributed by atoms with E-state index in [1.807, 2.05) is 39.0 Å². The molecule has 4 aromatic rings. The van der Waals surface area contributed by atoms with Gasteiger partial charge >= 0.3 is 0 Å². The molecule has 0 saturated heterocycles. The number of aromatic nitrogens is 4. The van der Waals surface area contributed by atoms with Crippen molar-refractivity contribution in [1.82, 2.24) is 19.9 Å². The predicted octanol–water partition coefficient (Wildman–Crippen LogP) is 4.41. The number of rotatable bonds is 4. The Morgan fingerprint density at radius 3 is 2.28 bits per heavy atom. The highest BCUT2D eigenvalue weighted by atomic mass is 16.5. The molecule has 0 saturated carbocycles. The zero-order chi connectivity index (χ0) is 20.5. The molecule has 7 heteroatoms. The van der Waals surface area contributed by atoms with Crippen molar-refractivity contribution in [3.63, 3.8) is 0 Å². The molecule has 146 valence electrons. The number of nitrogens with one attached hydrogen (secondary N) is 1. The zero-order valence-electron chi connectivity index (χ0n) is 16.7. The maximum absolute atomic E-state index is 12.8. The first-order chi connectivity index (χ1) is 13.9. The Hall–Kier alpha value is -3.74. The van der Waals surface area contributed by atoms with Crippen LogP contribution in [0.1, 0.15) is 33.0 Å². The quantitative estimate of drug-likeness (QED) is 0.561. The van der Waals surface area contributed by atoms with Gasteiger partial charge in [-0.05, 0) is 75.2 Å². The lowest BCUT2D eigenvalue weighted by Gasteiger charge is -2.11. The Morgan fingerprint density at radius 2 is 1.66 bits per heavy atom. The molecule has 0 bridgehead atoms. The molecule has 1 amide bonds. The van der Waals surface area contributed by atoms with Gasteiger partial charge in [0.15, 0.2) is 5.82 Å². The van der Waals surface area contributed by atoms with E-state index < -0.39 is 0 Å². The molecule has 0 spiro atoms. The average molecular weight is 387 g/mol. The van der Waals surface area contributed by atoms with Crippen molar-refractivity contribution >= 4 is 11.7 Å². The van der Waals surface area contributed by atoms with Crippen LogP contribution < -0.4 is 5.32 Å². The maximum atomic E-state index is 12.8. The number of carbonyl (C=O) groups excluding carboxylic acids is 1. The molecular weight excluding hydrogens is 366 g/mol. The Morgan fingerprint density at radius 1 is 0.966 bits per heavy atom. The molecule has 2 aromatic heterocycles. The van der Waals surface area contributed by atoms with Crippen LogP contribution in [0.2, 0.25) is 0 Å². The average Bonchev–Trinajstić information content (AvgIpc) is 3.26. The van der Waals surface area contributed by atoms with Crippen molar-refractivity contribution in [2.75, 3.05) is 5.32 Å². The van der Waals surface area contributed by atoms with Crippen LogP contribution in [0.25, 0.3) is 17.1 Å². The Kier molecular flexibility index (Phi) is 4.72. The third-order valence-electron chi connectivity index (χ3n) is 4.45. The van der Waals surface area contributed by atoms with E-state index in [9.17, 15) is 4.79 Å². The van der Waals surface area contributed by atoms with E-state index in [1.54, 1.807) is 35.9 Å². The van der Waals surface area contributed by atoms with Gasteiger partial charge < -0.3 is 9.84 Å². The van der Waals surface area contributed by atoms with Gasteiger partial charge in [-0.15, -0.1) is 0 Å². The highest BCUT2D eigenvalue weighted by molar-refractivity contribution is 6.04. The highest BCUT2D eigenvalue weighted by Crippen LogP contribution is 2.22. The topological polar surface area (TPSA) is 85.8 Å². The first-order valence-electron chi connectivity index (χ1n) is 9.26. The number of benzene rings is 2. The van der Waals surface area contributed by atoms with Crippen molar-refractivity contribution in [3.05, 3.63) is 76.7 Å². The summed E-state index contributed by atoms with van der Waals surface area (Å²) in [6.45, 7) is 7.74. The summed E-state index contributed by atoms with van der Waals surface area (Å²) >= 11 is 0. The fourth-order valence-electron chi connectivity index (χ4n) is 3.23. The molecule has 0 aliphatic rings. The first-order valence-corrected chi connectivity index (χ1v) is 9.26. The van der Waals surface area contributed by atoms with Crippen molar-refractivity contribution < 1.29 is 9.32 Å². The minimum Gasteiger partial charge on any atom is -0.334 e. The highest BCUT2D eigenvalue weighted by Gasteiger charge is 2.14. The number of aryl methyl sites for hydroxylation is 4. The molecule has 1 N–H and O–H groups in total. The van der Waals surface area contributed by atoms with Gasteiger partial charge in [0.1, 0.15) is 5.82 Å². The molecule has 0 aliphatic heterocycles. The summed E-state index contributed by atoms with van der Waals surface area (Å²) in [5.41, 5.74) is 5.29. The van der Waals surface area contributed by atoms with Crippen LogP contribution in [-0.4, -0.2) is 25.8 Å². The second-order valence-corrected chi connectivity index (χ2v) is 7.11. The van der Waals surface area contributed by atoms with Crippen molar-refractivity contribution in [2.45, 2.75) is 27.7 Å². The fourth-order valence-corrected chi connectivity index (χ4v) is 3.23. The minimum absolute atomic E-state index is 0.219. The van der Waals surface area contributed by atoms with E-state index in [0.717, 1.165) is 28.1 Å². The Bertz CT molecular complexity index is 1170. The lowest BCUT2D eigenvalue weighted by molar-refractivity contribution is 0.102. The van der Waals surface area contributed by atoms with Crippen molar-refractivity contribution in [1.29, 1.82) is 0 Å². The zero-order valence-corrected chi connectivity index (χ0v) is 16.7. The van der Waals surface area contributed by atoms with E-state index in [4.69, 9.17) is 4.52 Å². The van der Waals surface area contributed by atoms with Gasteiger partial charge in [0, 0.05) is 17.2 Å². The second kappa shape index (κ2) is 7.35. The lowest BCUT2D eigenvalue weighted by atomic mass is 10.1. The largest absolute Gasteiger partial charge is 0.334 e. The molecule has 0 fully saturated rings. The van der Waals surface area contributed by atoms with Gasteiger partial charge in [-0.3, -0.25) is 4.79 Å². The van der Waals surface area contributed by atoms with Crippen LogP contribution in [0, 0.1) is 27.7 Å². The third kappa shape index (κ3) is 3.94. The molecule has 29 heavy (non-hydrogen) atoms. The summed E-state index contributed by atoms with van der Waals surface area (Å²) in [7, 11) is 0. The molecule has 0 unspecified atom stereocenters. The van der Waals surface area contributed by atoms with E-state index in [-0.39, 0.29) is 5.91 Å². The fraction of sp³-hybridized carbons (Fsp3) is 0.182. The van der Waals surface area contributed by atoms with Crippen molar-refractivity contribution in [2.24, 2.45) is 0 Å². The van der Waals surface area contributed by atoms with Crippen LogP contribution in [-0.2, 0) is 0 Å². The SMILES string of the molecule is Cc1cc(C)cc(-n2nc(C)cc2NC(=O)c2ccc(-c3nc(C)no3)cc2)c1. The van der Waals surface area contributed by atoms with E-state index in [0.29, 0.717) is 23.1 Å². The van der Waals surface area contributed by atoms with Crippen LogP contribution in [0.15, 0.2) is 53.1 Å². The van der Waals surface area contributed by atoms with E-state index in [2.05, 4.69) is 26.6 Å². The van der Waals surface area contributed by atoms with E-state index in [1.165, 1.54) is 0 Å². The standard InChI is InChI=1S/C22H21N5O2/c1-13-9-14(2)11-19(10-13)27-20(12-15(3)25-27)24-21(28)17-5-7-18(8-6-17)22-23-16(4)26-29-22/h5-12H,1-4H3,(H,24,28). The summed E-state index contributed by atoms with van der Waals surface area (Å²) < 4.78 is 6.91. The minimum atomic E-state index is -0.219. The summed E-state index contributed by atoms with van der Waals surface area (Å²) in [4.78, 5) is 17.0. The Labute approximate surface area is 168 Å². The number of nitrogens with zero attached hydrogens (tertiary/aromatic N) is 4. The van der Waals surface area contributed by atoms with Gasteiger partial charge in [0.2, 0.25) is 0 Å². The normalized spacial score (nSPS) is 10.9. The number of hydrogen-bond donors (Lipinski definition) is 1. The van der Waals surface area contributed by atoms with Gasteiger partial charge in [-0.25, -0.2) is 4.68 Å². The molecular formula is C22H21N5O2. The molecule has 0 aliphatic carbocycles. The van der Waals surface area contributed by atoms with Crippen LogP contribution in [0.5, 0.6) is 0 Å². The first kappa shape index (κ1) is 18.6. The summed E-state index contributed by atoms with van der Waals surface area (Å²) in [6.07, 6.45) is 0. The van der Waals surface area contributed by atoms with Crippen LogP contribution in [0.3, 0.4) is 0 Å². The van der Waals surface area contributed by atoms with Gasteiger partial charge in [0.25, 0.3) is 11.8 Å². The molecule has 0 atom stereocenters. The second-order valence-electron chi connectivity index (χ2n) is 7.11. The van der Waals surface area contributed by atoms with E-state index >= 15 is 0 Å². The van der Waals surface area contributed by atoms with Crippen LogP contribution >= 0.6 is 0 Å². The smallest absolute Gasteiger partial charge is 0.257 e. The number of amides is 1.